The Morgan fingerprint density at radius 2 is 2.03 bits per heavy atom. The molecular weight excluding hydrogens is 440 g/mol. The van der Waals surface area contributed by atoms with Gasteiger partial charge in [-0.2, -0.15) is 0 Å². The number of amides is 1. The van der Waals surface area contributed by atoms with E-state index < -0.39 is 6.17 Å². The third-order valence-electron chi connectivity index (χ3n) is 5.83. The second-order valence-electron chi connectivity index (χ2n) is 8.06. The number of rotatable bonds is 5. The lowest BCUT2D eigenvalue weighted by Gasteiger charge is -2.22. The largest absolute Gasteiger partial charge is 0.362 e. The van der Waals surface area contributed by atoms with Crippen LogP contribution in [0.25, 0.3) is 0 Å². The van der Waals surface area contributed by atoms with Crippen molar-refractivity contribution >= 4 is 46.2 Å². The zero-order valence-corrected chi connectivity index (χ0v) is 19.7. The molecule has 0 aromatic heterocycles. The van der Waals surface area contributed by atoms with Gasteiger partial charge in [0.05, 0.1) is 11.4 Å². The number of halogens is 1. The number of thiocarbonyl (C=S) groups is 1. The smallest absolute Gasteiger partial charge is 0.272 e. The zero-order valence-electron chi connectivity index (χ0n) is 18.1. The van der Waals surface area contributed by atoms with E-state index in [0.717, 1.165) is 29.8 Å². The molecule has 32 heavy (non-hydrogen) atoms. The van der Waals surface area contributed by atoms with Crippen LogP contribution in [0.4, 0.5) is 5.69 Å². The first-order chi connectivity index (χ1) is 15.5. The second-order valence-corrected chi connectivity index (χ2v) is 8.91. The van der Waals surface area contributed by atoms with Crippen molar-refractivity contribution in [2.45, 2.75) is 38.3 Å². The SMILES string of the molecule is CN1C(=O)C(NC(=S)NCCC2=CCCCC2)N=C(c2ccccc2)c2cc(Cl)ccc21. The van der Waals surface area contributed by atoms with Gasteiger partial charge in [-0.3, -0.25) is 4.79 Å². The fourth-order valence-corrected chi connectivity index (χ4v) is 4.50. The van der Waals surface area contributed by atoms with Gasteiger partial charge in [-0.05, 0) is 62.5 Å². The zero-order chi connectivity index (χ0) is 22.5. The summed E-state index contributed by atoms with van der Waals surface area (Å²) in [5, 5.41) is 7.37. The van der Waals surface area contributed by atoms with Gasteiger partial charge in [0.15, 0.2) is 5.11 Å². The van der Waals surface area contributed by atoms with Crippen molar-refractivity contribution in [1.82, 2.24) is 10.6 Å². The lowest BCUT2D eigenvalue weighted by molar-refractivity contribution is -0.119. The van der Waals surface area contributed by atoms with Crippen molar-refractivity contribution in [3.05, 3.63) is 76.3 Å². The summed E-state index contributed by atoms with van der Waals surface area (Å²) in [6, 6.07) is 15.3. The number of hydrogen-bond acceptors (Lipinski definition) is 3. The van der Waals surface area contributed by atoms with Crippen LogP contribution in [0.5, 0.6) is 0 Å². The van der Waals surface area contributed by atoms with Gasteiger partial charge in [-0.25, -0.2) is 4.99 Å². The summed E-state index contributed by atoms with van der Waals surface area (Å²) in [4.78, 5) is 19.7. The standard InChI is InChI=1S/C25H27ClN4OS/c1-30-21-13-12-19(26)16-20(21)22(18-10-6-3-7-11-18)28-23(24(30)31)29-25(32)27-15-14-17-8-4-2-5-9-17/h3,6-8,10-13,16,23H,2,4-5,9,14-15H2,1H3,(H2,27,29,32). The van der Waals surface area contributed by atoms with E-state index >= 15 is 0 Å². The molecule has 1 aliphatic heterocycles. The number of likely N-dealkylation sites (N-methyl/N-ethyl adjacent to an activating group) is 1. The molecule has 2 aliphatic rings. The molecule has 7 heteroatoms. The topological polar surface area (TPSA) is 56.7 Å². The first kappa shape index (κ1) is 22.5. The first-order valence-electron chi connectivity index (χ1n) is 11.0. The molecular formula is C25H27ClN4OS. The maximum atomic E-state index is 13.3. The molecule has 2 aromatic carbocycles. The van der Waals surface area contributed by atoms with E-state index in [2.05, 4.69) is 16.7 Å². The molecule has 4 rings (SSSR count). The van der Waals surface area contributed by atoms with Crippen LogP contribution in [0.1, 0.15) is 43.2 Å². The molecule has 2 N–H and O–H groups in total. The summed E-state index contributed by atoms with van der Waals surface area (Å²) in [6.45, 7) is 0.736. The van der Waals surface area contributed by atoms with E-state index in [1.807, 2.05) is 42.5 Å². The molecule has 1 unspecified atom stereocenters. The summed E-state index contributed by atoms with van der Waals surface area (Å²) in [5.41, 5.74) is 4.66. The summed E-state index contributed by atoms with van der Waals surface area (Å²) in [7, 11) is 1.75. The highest BCUT2D eigenvalue weighted by molar-refractivity contribution is 7.80. The molecule has 0 saturated carbocycles. The maximum Gasteiger partial charge on any atom is 0.272 e. The third kappa shape index (κ3) is 5.19. The van der Waals surface area contributed by atoms with Crippen LogP contribution in [0, 0.1) is 0 Å². The Hall–Kier alpha value is -2.70. The predicted octanol–water partition coefficient (Wildman–Crippen LogP) is 4.83. The van der Waals surface area contributed by atoms with Crippen molar-refractivity contribution in [3.63, 3.8) is 0 Å². The second kappa shape index (κ2) is 10.3. The summed E-state index contributed by atoms with van der Waals surface area (Å²) in [6.07, 6.45) is 7.34. The minimum absolute atomic E-state index is 0.182. The van der Waals surface area contributed by atoms with Gasteiger partial charge in [0.1, 0.15) is 0 Å². The summed E-state index contributed by atoms with van der Waals surface area (Å²) < 4.78 is 0. The van der Waals surface area contributed by atoms with Crippen molar-refractivity contribution < 1.29 is 4.79 Å². The summed E-state index contributed by atoms with van der Waals surface area (Å²) >= 11 is 11.8. The number of benzodiazepines with no additional fused rings is 1. The highest BCUT2D eigenvalue weighted by Crippen LogP contribution is 2.29. The number of nitrogens with one attached hydrogen (secondary N) is 2. The van der Waals surface area contributed by atoms with Crippen molar-refractivity contribution in [3.8, 4) is 0 Å². The normalized spacial score (nSPS) is 18.2. The van der Waals surface area contributed by atoms with Crippen molar-refractivity contribution in [1.29, 1.82) is 0 Å². The molecule has 2 aromatic rings. The number of fused-ring (bicyclic) bond motifs is 1. The Balaban J connectivity index is 1.56. The van der Waals surface area contributed by atoms with Crippen molar-refractivity contribution in [2.24, 2.45) is 4.99 Å². The highest BCUT2D eigenvalue weighted by Gasteiger charge is 2.30. The number of carbonyl (C=O) groups excluding carboxylic acids is 1. The van der Waals surface area contributed by atoms with Crippen LogP contribution in [0.2, 0.25) is 5.02 Å². The van der Waals surface area contributed by atoms with Gasteiger partial charge in [0.25, 0.3) is 5.91 Å². The molecule has 1 heterocycles. The Kier molecular flexibility index (Phi) is 7.22. The van der Waals surface area contributed by atoms with E-state index in [1.54, 1.807) is 18.0 Å². The predicted molar refractivity (Wildman–Crippen MR) is 136 cm³/mol. The van der Waals surface area contributed by atoms with E-state index in [-0.39, 0.29) is 5.91 Å². The van der Waals surface area contributed by atoms with Gasteiger partial charge in [-0.15, -0.1) is 0 Å². The van der Waals surface area contributed by atoms with Crippen LogP contribution < -0.4 is 15.5 Å². The molecule has 5 nitrogen and oxygen atoms in total. The van der Waals surface area contributed by atoms with Crippen molar-refractivity contribution in [2.75, 3.05) is 18.5 Å². The number of allylic oxidation sites excluding steroid dienone is 1. The van der Waals surface area contributed by atoms with Gasteiger partial charge in [0.2, 0.25) is 6.17 Å². The van der Waals surface area contributed by atoms with Crippen LogP contribution in [-0.4, -0.2) is 36.5 Å². The van der Waals surface area contributed by atoms with E-state index in [9.17, 15) is 4.79 Å². The average molecular weight is 467 g/mol. The Morgan fingerprint density at radius 3 is 2.78 bits per heavy atom. The Bertz CT molecular complexity index is 1070. The number of nitrogens with zero attached hydrogens (tertiary/aromatic N) is 2. The number of benzene rings is 2. The van der Waals surface area contributed by atoms with Gasteiger partial charge in [0, 0.05) is 29.7 Å². The molecule has 0 bridgehead atoms. The minimum Gasteiger partial charge on any atom is -0.362 e. The third-order valence-corrected chi connectivity index (χ3v) is 6.33. The van der Waals surface area contributed by atoms with Crippen LogP contribution in [-0.2, 0) is 4.79 Å². The lowest BCUT2D eigenvalue weighted by Crippen LogP contribution is -2.49. The molecule has 166 valence electrons. The van der Waals surface area contributed by atoms with Crippen LogP contribution in [0.15, 0.2) is 65.2 Å². The highest BCUT2D eigenvalue weighted by atomic mass is 35.5. The molecule has 0 spiro atoms. The van der Waals surface area contributed by atoms with E-state index in [1.165, 1.54) is 31.3 Å². The average Bonchev–Trinajstić information content (AvgIpc) is 2.91. The minimum atomic E-state index is -0.838. The number of hydrogen-bond donors (Lipinski definition) is 2. The molecule has 0 fully saturated rings. The first-order valence-corrected chi connectivity index (χ1v) is 11.7. The van der Waals surface area contributed by atoms with Crippen LogP contribution >= 0.6 is 23.8 Å². The Labute approximate surface area is 199 Å². The van der Waals surface area contributed by atoms with E-state index in [4.69, 9.17) is 28.8 Å². The number of aliphatic imine (C=N–C) groups is 1. The Morgan fingerprint density at radius 1 is 1.22 bits per heavy atom. The molecule has 0 saturated heterocycles. The van der Waals surface area contributed by atoms with E-state index in [0.29, 0.717) is 15.8 Å². The fourth-order valence-electron chi connectivity index (χ4n) is 4.11. The monoisotopic (exact) mass is 466 g/mol. The molecule has 1 aliphatic carbocycles. The van der Waals surface area contributed by atoms with Gasteiger partial charge < -0.3 is 15.5 Å². The van der Waals surface area contributed by atoms with Gasteiger partial charge in [-0.1, -0.05) is 53.6 Å². The number of anilines is 1. The quantitative estimate of drug-likeness (QED) is 0.489. The molecule has 1 atom stereocenters. The number of carbonyl (C=O) groups is 1. The summed E-state index contributed by atoms with van der Waals surface area (Å²) in [5.74, 6) is -0.182. The molecule has 1 amide bonds. The van der Waals surface area contributed by atoms with Crippen LogP contribution in [0.3, 0.4) is 0 Å². The lowest BCUT2D eigenvalue weighted by atomic mass is 9.97. The molecule has 0 radical (unpaired) electrons. The maximum absolute atomic E-state index is 13.3. The van der Waals surface area contributed by atoms with Gasteiger partial charge >= 0.3 is 0 Å². The fraction of sp³-hybridized carbons (Fsp3) is 0.320.